The van der Waals surface area contributed by atoms with Gasteiger partial charge in [0.15, 0.2) is 0 Å². The van der Waals surface area contributed by atoms with E-state index in [9.17, 15) is 4.79 Å². The molecule has 1 heterocycles. The lowest BCUT2D eigenvalue weighted by Gasteiger charge is -2.16. The summed E-state index contributed by atoms with van der Waals surface area (Å²) in [7, 11) is 3.37. The monoisotopic (exact) mass is 183 g/mol. The molecule has 0 aromatic carbocycles. The van der Waals surface area contributed by atoms with Crippen LogP contribution in [0.3, 0.4) is 0 Å². The zero-order valence-corrected chi connectivity index (χ0v) is 7.66. The van der Waals surface area contributed by atoms with E-state index in [1.807, 2.05) is 0 Å². The van der Waals surface area contributed by atoms with Gasteiger partial charge in [0.25, 0.3) is 0 Å². The van der Waals surface area contributed by atoms with Gasteiger partial charge in [-0.15, -0.1) is 0 Å². The second-order valence-electron chi connectivity index (χ2n) is 2.70. The molecule has 1 amide bonds. The summed E-state index contributed by atoms with van der Waals surface area (Å²) in [5.74, 6) is 0.398. The molecule has 72 valence electrons. The third-order valence-electron chi connectivity index (χ3n) is 1.72. The molecule has 0 aliphatic carbocycles. The smallest absolute Gasteiger partial charge is 0.239 e. The van der Waals surface area contributed by atoms with Gasteiger partial charge < -0.3 is 16.0 Å². The number of hydrogen-bond acceptors (Lipinski definition) is 4. The van der Waals surface area contributed by atoms with Gasteiger partial charge in [-0.1, -0.05) is 0 Å². The fraction of sp³-hybridized carbons (Fsp3) is 0.429. The van der Waals surface area contributed by atoms with Crippen LogP contribution in [0.1, 0.15) is 0 Å². The number of nitrogen functional groups attached to an aromatic ring is 1. The Balaban J connectivity index is 2.63. The van der Waals surface area contributed by atoms with Crippen LogP contribution in [-0.4, -0.2) is 36.7 Å². The highest BCUT2D eigenvalue weighted by Crippen LogP contribution is 2.16. The number of carbonyl (C=O) groups excluding carboxylic acids is 1. The molecule has 0 unspecified atom stereocenters. The van der Waals surface area contributed by atoms with Crippen LogP contribution < -0.4 is 16.0 Å². The van der Waals surface area contributed by atoms with E-state index in [1.54, 1.807) is 25.2 Å². The Morgan fingerprint density at radius 3 is 3.00 bits per heavy atom. The van der Waals surface area contributed by atoms with E-state index in [-0.39, 0.29) is 12.5 Å². The van der Waals surface area contributed by atoms with Gasteiger partial charge in [0.2, 0.25) is 5.91 Å². The van der Waals surface area contributed by atoms with Crippen molar-refractivity contribution in [3.05, 3.63) is 6.20 Å². The van der Waals surface area contributed by atoms with E-state index in [2.05, 4.69) is 15.5 Å². The molecule has 1 rings (SSSR count). The Bertz CT molecular complexity index is 295. The largest absolute Gasteiger partial charge is 0.382 e. The Labute approximate surface area is 76.1 Å². The van der Waals surface area contributed by atoms with Crippen LogP contribution in [0.5, 0.6) is 0 Å². The summed E-state index contributed by atoms with van der Waals surface area (Å²) < 4.78 is 0. The van der Waals surface area contributed by atoms with Crippen molar-refractivity contribution in [2.24, 2.45) is 0 Å². The first-order valence-corrected chi connectivity index (χ1v) is 3.85. The van der Waals surface area contributed by atoms with Crippen LogP contribution in [-0.2, 0) is 4.79 Å². The number of aromatic nitrogens is 2. The van der Waals surface area contributed by atoms with Gasteiger partial charge in [0.1, 0.15) is 5.82 Å². The third-order valence-corrected chi connectivity index (χ3v) is 1.72. The summed E-state index contributed by atoms with van der Waals surface area (Å²) in [5, 5.41) is 8.87. The van der Waals surface area contributed by atoms with Crippen LogP contribution in [0.25, 0.3) is 0 Å². The summed E-state index contributed by atoms with van der Waals surface area (Å²) in [4.78, 5) is 12.7. The van der Waals surface area contributed by atoms with Gasteiger partial charge in [0, 0.05) is 14.1 Å². The van der Waals surface area contributed by atoms with Gasteiger partial charge in [-0.25, -0.2) is 0 Å². The topological polar surface area (TPSA) is 87.0 Å². The van der Waals surface area contributed by atoms with Crippen molar-refractivity contribution in [1.82, 2.24) is 15.5 Å². The van der Waals surface area contributed by atoms with Gasteiger partial charge in [-0.3, -0.25) is 9.89 Å². The molecule has 0 atom stereocenters. The number of rotatable bonds is 3. The van der Waals surface area contributed by atoms with Crippen LogP contribution in [0.2, 0.25) is 0 Å². The number of nitrogens with one attached hydrogen (secondary N) is 2. The van der Waals surface area contributed by atoms with E-state index >= 15 is 0 Å². The minimum atomic E-state index is -0.0666. The average molecular weight is 183 g/mol. The number of likely N-dealkylation sites (N-methyl/N-ethyl adjacent to an activating group) is 2. The summed E-state index contributed by atoms with van der Waals surface area (Å²) in [5.41, 5.74) is 6.29. The van der Waals surface area contributed by atoms with Gasteiger partial charge in [-0.05, 0) is 0 Å². The molecule has 1 aromatic rings. The van der Waals surface area contributed by atoms with Crippen molar-refractivity contribution in [3.63, 3.8) is 0 Å². The Morgan fingerprint density at radius 2 is 2.54 bits per heavy atom. The number of anilines is 2. The van der Waals surface area contributed by atoms with E-state index in [1.165, 1.54) is 0 Å². The normalized spacial score (nSPS) is 9.69. The fourth-order valence-corrected chi connectivity index (χ4v) is 0.974. The summed E-state index contributed by atoms with van der Waals surface area (Å²) in [6.45, 7) is 0.264. The quantitative estimate of drug-likeness (QED) is 0.571. The molecule has 6 heteroatoms. The van der Waals surface area contributed by atoms with Gasteiger partial charge in [-0.2, -0.15) is 5.10 Å². The SMILES string of the molecule is CNC(=O)CN(C)c1cn[nH]c1N. The summed E-state index contributed by atoms with van der Waals surface area (Å²) in [6.07, 6.45) is 1.58. The second-order valence-corrected chi connectivity index (χ2v) is 2.70. The molecule has 4 N–H and O–H groups in total. The first-order valence-electron chi connectivity index (χ1n) is 3.85. The Hall–Kier alpha value is -1.72. The molecular weight excluding hydrogens is 170 g/mol. The maximum atomic E-state index is 11.0. The molecule has 6 nitrogen and oxygen atoms in total. The van der Waals surface area contributed by atoms with Crippen LogP contribution >= 0.6 is 0 Å². The predicted molar refractivity (Wildman–Crippen MR) is 50.3 cm³/mol. The van der Waals surface area contributed by atoms with E-state index < -0.39 is 0 Å². The first kappa shape index (κ1) is 9.37. The minimum Gasteiger partial charge on any atom is -0.382 e. The van der Waals surface area contributed by atoms with Crippen molar-refractivity contribution >= 4 is 17.4 Å². The van der Waals surface area contributed by atoms with Crippen molar-refractivity contribution in [2.75, 3.05) is 31.3 Å². The van der Waals surface area contributed by atoms with Crippen LogP contribution in [0.4, 0.5) is 11.5 Å². The van der Waals surface area contributed by atoms with Crippen molar-refractivity contribution < 1.29 is 4.79 Å². The average Bonchev–Trinajstić information content (AvgIpc) is 2.51. The van der Waals surface area contributed by atoms with Crippen molar-refractivity contribution in [2.45, 2.75) is 0 Å². The molecule has 0 bridgehead atoms. The van der Waals surface area contributed by atoms with Crippen molar-refractivity contribution in [1.29, 1.82) is 0 Å². The van der Waals surface area contributed by atoms with E-state index in [0.29, 0.717) is 5.82 Å². The molecule has 0 fully saturated rings. The van der Waals surface area contributed by atoms with Crippen LogP contribution in [0, 0.1) is 0 Å². The standard InChI is InChI=1S/C7H13N5O/c1-9-6(13)4-12(2)5-3-10-11-7(5)8/h3H,4H2,1-2H3,(H,9,13)(H3,8,10,11). The zero-order chi connectivity index (χ0) is 9.84. The van der Waals surface area contributed by atoms with Gasteiger partial charge >= 0.3 is 0 Å². The number of hydrogen-bond donors (Lipinski definition) is 3. The number of nitrogens with two attached hydrogens (primary N) is 1. The first-order chi connectivity index (χ1) is 6.15. The lowest BCUT2D eigenvalue weighted by Crippen LogP contribution is -2.33. The highest BCUT2D eigenvalue weighted by Gasteiger charge is 2.09. The second kappa shape index (κ2) is 3.79. The fourth-order valence-electron chi connectivity index (χ4n) is 0.974. The van der Waals surface area contributed by atoms with Gasteiger partial charge in [0.05, 0.1) is 18.4 Å². The summed E-state index contributed by atoms with van der Waals surface area (Å²) >= 11 is 0. The molecule has 1 aromatic heterocycles. The number of nitrogens with zero attached hydrogens (tertiary/aromatic N) is 2. The third kappa shape index (κ3) is 2.11. The lowest BCUT2D eigenvalue weighted by atomic mass is 10.4. The predicted octanol–water partition coefficient (Wildman–Crippen LogP) is -0.826. The maximum absolute atomic E-state index is 11.0. The molecule has 0 radical (unpaired) electrons. The van der Waals surface area contributed by atoms with E-state index in [0.717, 1.165) is 5.69 Å². The van der Waals surface area contributed by atoms with Crippen molar-refractivity contribution in [3.8, 4) is 0 Å². The number of H-pyrrole nitrogens is 1. The molecule has 0 aliphatic heterocycles. The maximum Gasteiger partial charge on any atom is 0.239 e. The molecular formula is C7H13N5O. The molecule has 0 aliphatic rings. The molecule has 0 spiro atoms. The molecule has 0 saturated heterocycles. The Kier molecular flexibility index (Phi) is 2.73. The van der Waals surface area contributed by atoms with Crippen LogP contribution in [0.15, 0.2) is 6.20 Å². The lowest BCUT2D eigenvalue weighted by molar-refractivity contribution is -0.119. The highest BCUT2D eigenvalue weighted by molar-refractivity contribution is 5.81. The highest BCUT2D eigenvalue weighted by atomic mass is 16.1. The number of carbonyl (C=O) groups is 1. The Morgan fingerprint density at radius 1 is 1.85 bits per heavy atom. The minimum absolute atomic E-state index is 0.0666. The summed E-state index contributed by atoms with van der Waals surface area (Å²) in [6, 6.07) is 0. The van der Waals surface area contributed by atoms with E-state index in [4.69, 9.17) is 5.73 Å². The number of aromatic amines is 1. The molecule has 13 heavy (non-hydrogen) atoms. The zero-order valence-electron chi connectivity index (χ0n) is 7.66. The molecule has 0 saturated carbocycles. The number of amides is 1.